The van der Waals surface area contributed by atoms with Gasteiger partial charge in [0.1, 0.15) is 5.75 Å². The molecule has 3 heteroatoms. The van der Waals surface area contributed by atoms with Crippen molar-refractivity contribution in [3.05, 3.63) is 29.8 Å². The predicted molar refractivity (Wildman–Crippen MR) is 65.3 cm³/mol. The van der Waals surface area contributed by atoms with Gasteiger partial charge in [-0.1, -0.05) is 19.1 Å². The molecule has 0 spiro atoms. The van der Waals surface area contributed by atoms with Crippen molar-refractivity contribution in [2.24, 2.45) is 11.7 Å². The quantitative estimate of drug-likeness (QED) is 0.802. The summed E-state index contributed by atoms with van der Waals surface area (Å²) < 4.78 is 5.59. The van der Waals surface area contributed by atoms with Crippen LogP contribution < -0.4 is 10.5 Å². The Labute approximate surface area is 97.2 Å². The molecule has 0 saturated carbocycles. The van der Waals surface area contributed by atoms with Crippen LogP contribution in [0.25, 0.3) is 0 Å². The maximum Gasteiger partial charge on any atom is 0.119 e. The minimum atomic E-state index is -0.711. The fourth-order valence-corrected chi connectivity index (χ4v) is 1.15. The Hall–Kier alpha value is -1.06. The summed E-state index contributed by atoms with van der Waals surface area (Å²) in [4.78, 5) is 0. The van der Waals surface area contributed by atoms with Crippen molar-refractivity contribution in [3.8, 4) is 5.75 Å². The van der Waals surface area contributed by atoms with Crippen LogP contribution >= 0.6 is 0 Å². The number of hydrogen-bond acceptors (Lipinski definition) is 3. The number of ether oxygens (including phenoxy) is 1. The molecule has 1 rings (SSSR count). The van der Waals surface area contributed by atoms with E-state index in [4.69, 9.17) is 10.5 Å². The summed E-state index contributed by atoms with van der Waals surface area (Å²) in [5.41, 5.74) is 5.88. The van der Waals surface area contributed by atoms with Crippen LogP contribution in [0, 0.1) is 5.92 Å². The molecular formula is C13H21NO2. The highest BCUT2D eigenvalue weighted by atomic mass is 16.5. The molecular weight excluding hydrogens is 202 g/mol. The van der Waals surface area contributed by atoms with Gasteiger partial charge in [-0.2, -0.15) is 0 Å². The van der Waals surface area contributed by atoms with Gasteiger partial charge in [-0.3, -0.25) is 0 Å². The third kappa shape index (κ3) is 3.83. The smallest absolute Gasteiger partial charge is 0.119 e. The maximum absolute atomic E-state index is 9.75. The minimum Gasteiger partial charge on any atom is -0.493 e. The van der Waals surface area contributed by atoms with Gasteiger partial charge in [0, 0.05) is 12.5 Å². The van der Waals surface area contributed by atoms with Crippen molar-refractivity contribution < 1.29 is 9.84 Å². The lowest BCUT2D eigenvalue weighted by Gasteiger charge is -2.25. The second-order valence-electron chi connectivity index (χ2n) is 4.71. The van der Waals surface area contributed by atoms with Crippen LogP contribution in [-0.4, -0.2) is 17.3 Å². The molecule has 0 unspecified atom stereocenters. The van der Waals surface area contributed by atoms with Gasteiger partial charge in [0.2, 0.25) is 0 Å². The van der Waals surface area contributed by atoms with Crippen LogP contribution in [0.3, 0.4) is 0 Å². The van der Waals surface area contributed by atoms with Crippen molar-refractivity contribution in [2.75, 3.05) is 6.61 Å². The predicted octanol–water partition coefficient (Wildman–Crippen LogP) is 1.93. The van der Waals surface area contributed by atoms with Gasteiger partial charge in [0.15, 0.2) is 0 Å². The monoisotopic (exact) mass is 223 g/mol. The van der Waals surface area contributed by atoms with Crippen LogP contribution in [-0.2, 0) is 6.54 Å². The number of rotatable bonds is 5. The lowest BCUT2D eigenvalue weighted by Crippen LogP contribution is -2.32. The van der Waals surface area contributed by atoms with E-state index in [0.29, 0.717) is 13.2 Å². The molecule has 1 atom stereocenters. The number of aliphatic hydroxyl groups is 1. The summed E-state index contributed by atoms with van der Waals surface area (Å²) >= 11 is 0. The van der Waals surface area contributed by atoms with Gasteiger partial charge in [0.05, 0.1) is 12.2 Å². The van der Waals surface area contributed by atoms with Gasteiger partial charge in [-0.15, -0.1) is 0 Å². The fraction of sp³-hybridized carbons (Fsp3) is 0.538. The van der Waals surface area contributed by atoms with Gasteiger partial charge < -0.3 is 15.6 Å². The summed E-state index contributed by atoms with van der Waals surface area (Å²) in [6.45, 7) is 6.59. The average molecular weight is 223 g/mol. The molecule has 3 nitrogen and oxygen atoms in total. The molecule has 0 aliphatic heterocycles. The normalized spacial score (nSPS) is 13.6. The van der Waals surface area contributed by atoms with Crippen molar-refractivity contribution in [1.29, 1.82) is 0 Å². The fourth-order valence-electron chi connectivity index (χ4n) is 1.15. The van der Waals surface area contributed by atoms with E-state index in [-0.39, 0.29) is 5.92 Å². The van der Waals surface area contributed by atoms with Gasteiger partial charge in [-0.05, 0) is 31.5 Å². The first-order valence-electron chi connectivity index (χ1n) is 5.57. The molecule has 1 aromatic carbocycles. The van der Waals surface area contributed by atoms with E-state index in [1.165, 1.54) is 0 Å². The Morgan fingerprint density at radius 1 is 1.31 bits per heavy atom. The van der Waals surface area contributed by atoms with E-state index in [0.717, 1.165) is 11.3 Å². The zero-order valence-electron chi connectivity index (χ0n) is 10.2. The molecule has 0 amide bonds. The molecule has 3 N–H and O–H groups in total. The zero-order valence-corrected chi connectivity index (χ0v) is 10.2. The standard InChI is InChI=1S/C13H21NO2/c1-10(13(2,3)15)9-16-12-6-4-11(8-14)5-7-12/h4-7,10,15H,8-9,14H2,1-3H3/t10-/m0/s1. The molecule has 1 aromatic rings. The van der Waals surface area contributed by atoms with E-state index < -0.39 is 5.60 Å². The summed E-state index contributed by atoms with van der Waals surface area (Å²) in [7, 11) is 0. The Morgan fingerprint density at radius 2 is 1.88 bits per heavy atom. The molecule has 90 valence electrons. The average Bonchev–Trinajstić information content (AvgIpc) is 2.25. The van der Waals surface area contributed by atoms with Crippen LogP contribution in [0.5, 0.6) is 5.75 Å². The summed E-state index contributed by atoms with van der Waals surface area (Å²) in [6, 6.07) is 7.70. The molecule has 0 saturated heterocycles. The molecule has 0 radical (unpaired) electrons. The highest BCUT2D eigenvalue weighted by Crippen LogP contribution is 2.18. The third-order valence-corrected chi connectivity index (χ3v) is 2.87. The first-order valence-corrected chi connectivity index (χ1v) is 5.57. The molecule has 0 aliphatic rings. The van der Waals surface area contributed by atoms with Crippen molar-refractivity contribution in [1.82, 2.24) is 0 Å². The zero-order chi connectivity index (χ0) is 12.2. The number of nitrogens with two attached hydrogens (primary N) is 1. The van der Waals surface area contributed by atoms with E-state index in [1.54, 1.807) is 13.8 Å². The Morgan fingerprint density at radius 3 is 2.31 bits per heavy atom. The van der Waals surface area contributed by atoms with Crippen LogP contribution in [0.4, 0.5) is 0 Å². The first kappa shape index (κ1) is 13.0. The molecule has 0 heterocycles. The number of hydrogen-bond donors (Lipinski definition) is 2. The van der Waals surface area contributed by atoms with Crippen molar-refractivity contribution in [3.63, 3.8) is 0 Å². The van der Waals surface area contributed by atoms with Crippen LogP contribution in [0.2, 0.25) is 0 Å². The minimum absolute atomic E-state index is 0.0849. The Kier molecular flexibility index (Phi) is 4.33. The topological polar surface area (TPSA) is 55.5 Å². The maximum atomic E-state index is 9.75. The third-order valence-electron chi connectivity index (χ3n) is 2.87. The summed E-state index contributed by atoms with van der Waals surface area (Å²) in [5, 5.41) is 9.75. The SMILES string of the molecule is C[C@@H](COc1ccc(CN)cc1)C(C)(C)O. The summed E-state index contributed by atoms with van der Waals surface area (Å²) in [5.74, 6) is 0.898. The summed E-state index contributed by atoms with van der Waals surface area (Å²) in [6.07, 6.45) is 0. The Balaban J connectivity index is 2.48. The van der Waals surface area contributed by atoms with Crippen LogP contribution in [0.1, 0.15) is 26.3 Å². The van der Waals surface area contributed by atoms with Crippen molar-refractivity contribution in [2.45, 2.75) is 32.9 Å². The largest absolute Gasteiger partial charge is 0.493 e. The van der Waals surface area contributed by atoms with E-state index >= 15 is 0 Å². The highest BCUT2D eigenvalue weighted by Gasteiger charge is 2.22. The second-order valence-corrected chi connectivity index (χ2v) is 4.71. The Bertz CT molecular complexity index is 314. The van der Waals surface area contributed by atoms with Crippen molar-refractivity contribution >= 4 is 0 Å². The molecule has 16 heavy (non-hydrogen) atoms. The van der Waals surface area contributed by atoms with Gasteiger partial charge in [0.25, 0.3) is 0 Å². The van der Waals surface area contributed by atoms with E-state index in [9.17, 15) is 5.11 Å². The molecule has 0 aliphatic carbocycles. The first-order chi connectivity index (χ1) is 7.43. The molecule has 0 fully saturated rings. The lowest BCUT2D eigenvalue weighted by molar-refractivity contribution is 0.00495. The second kappa shape index (κ2) is 5.32. The van der Waals surface area contributed by atoms with E-state index in [2.05, 4.69) is 0 Å². The number of benzene rings is 1. The lowest BCUT2D eigenvalue weighted by atomic mass is 9.94. The highest BCUT2D eigenvalue weighted by molar-refractivity contribution is 5.27. The van der Waals surface area contributed by atoms with E-state index in [1.807, 2.05) is 31.2 Å². The molecule has 0 aromatic heterocycles. The molecule has 0 bridgehead atoms. The van der Waals surface area contributed by atoms with Crippen LogP contribution in [0.15, 0.2) is 24.3 Å². The van der Waals surface area contributed by atoms with Gasteiger partial charge >= 0.3 is 0 Å². The van der Waals surface area contributed by atoms with Gasteiger partial charge in [-0.25, -0.2) is 0 Å².